The summed E-state index contributed by atoms with van der Waals surface area (Å²) in [6.07, 6.45) is 1.60. The van der Waals surface area contributed by atoms with E-state index in [1.165, 1.54) is 11.3 Å². The first kappa shape index (κ1) is 18.7. The van der Waals surface area contributed by atoms with E-state index in [4.69, 9.17) is 16.3 Å². The number of rotatable bonds is 5. The van der Waals surface area contributed by atoms with E-state index >= 15 is 0 Å². The molecule has 0 radical (unpaired) electrons. The van der Waals surface area contributed by atoms with E-state index in [0.717, 1.165) is 32.1 Å². The molecule has 0 spiro atoms. The summed E-state index contributed by atoms with van der Waals surface area (Å²) < 4.78 is 7.41. The molecule has 2 aromatic carbocycles. The highest BCUT2D eigenvalue weighted by Crippen LogP contribution is 2.35. The Hall–Kier alpha value is -2.63. The summed E-state index contributed by atoms with van der Waals surface area (Å²) in [5.41, 5.74) is 3.00. The Morgan fingerprint density at radius 2 is 1.93 bits per heavy atom. The molecule has 0 N–H and O–H groups in total. The van der Waals surface area contributed by atoms with E-state index in [0.29, 0.717) is 23.6 Å². The number of hydrogen-bond acceptors (Lipinski definition) is 4. The lowest BCUT2D eigenvalue weighted by Gasteiger charge is -2.09. The lowest BCUT2D eigenvalue weighted by atomic mass is 10.0. The van der Waals surface area contributed by atoms with Crippen LogP contribution in [0.3, 0.4) is 0 Å². The van der Waals surface area contributed by atoms with Gasteiger partial charge < -0.3 is 4.74 Å². The minimum atomic E-state index is -0.0489. The van der Waals surface area contributed by atoms with Crippen molar-refractivity contribution in [1.29, 1.82) is 0 Å². The molecule has 0 aliphatic carbocycles. The smallest absolute Gasteiger partial charge is 0.262 e. The molecule has 2 aromatic heterocycles. The standard InChI is InChI=1S/C22H19ClN2O2S/c1-14-4-3-5-18(12-14)27-11-10-25-13-24-21-20(22(25)26)19(15(2)28-21)16-6-8-17(23)9-7-16/h3-9,12-13H,10-11H2,1-2H3. The molecule has 0 saturated carbocycles. The predicted octanol–water partition coefficient (Wildman–Crippen LogP) is 5.47. The van der Waals surface area contributed by atoms with E-state index in [-0.39, 0.29) is 5.56 Å². The molecular weight excluding hydrogens is 392 g/mol. The average molecular weight is 411 g/mol. The van der Waals surface area contributed by atoms with Crippen molar-refractivity contribution in [3.05, 3.63) is 80.7 Å². The van der Waals surface area contributed by atoms with Gasteiger partial charge in [0.05, 0.1) is 18.3 Å². The number of thiophene rings is 1. The Morgan fingerprint density at radius 3 is 2.68 bits per heavy atom. The van der Waals surface area contributed by atoms with Crippen LogP contribution in [0.4, 0.5) is 0 Å². The van der Waals surface area contributed by atoms with Gasteiger partial charge in [0.2, 0.25) is 0 Å². The zero-order valence-corrected chi connectivity index (χ0v) is 17.2. The van der Waals surface area contributed by atoms with Crippen LogP contribution in [-0.4, -0.2) is 16.2 Å². The van der Waals surface area contributed by atoms with Gasteiger partial charge in [-0.25, -0.2) is 4.98 Å². The van der Waals surface area contributed by atoms with Crippen LogP contribution >= 0.6 is 22.9 Å². The summed E-state index contributed by atoms with van der Waals surface area (Å²) >= 11 is 7.55. The van der Waals surface area contributed by atoms with Crippen LogP contribution in [-0.2, 0) is 6.54 Å². The van der Waals surface area contributed by atoms with E-state index in [9.17, 15) is 4.79 Å². The molecule has 2 heterocycles. The molecule has 28 heavy (non-hydrogen) atoms. The van der Waals surface area contributed by atoms with E-state index in [1.54, 1.807) is 10.9 Å². The highest BCUT2D eigenvalue weighted by molar-refractivity contribution is 7.19. The third-order valence-electron chi connectivity index (χ3n) is 4.58. The second kappa shape index (κ2) is 7.78. The number of ether oxygens (including phenoxy) is 1. The van der Waals surface area contributed by atoms with Gasteiger partial charge in [0, 0.05) is 15.5 Å². The van der Waals surface area contributed by atoms with Crippen molar-refractivity contribution in [2.24, 2.45) is 0 Å². The summed E-state index contributed by atoms with van der Waals surface area (Å²) in [7, 11) is 0. The Morgan fingerprint density at radius 1 is 1.14 bits per heavy atom. The van der Waals surface area contributed by atoms with Crippen molar-refractivity contribution in [1.82, 2.24) is 9.55 Å². The fraction of sp³-hybridized carbons (Fsp3) is 0.182. The summed E-state index contributed by atoms with van der Waals surface area (Å²) in [5.74, 6) is 0.801. The van der Waals surface area contributed by atoms with Crippen LogP contribution in [0.2, 0.25) is 5.02 Å². The second-order valence-corrected chi connectivity index (χ2v) is 8.27. The molecule has 0 atom stereocenters. The zero-order chi connectivity index (χ0) is 19.7. The molecule has 4 rings (SSSR count). The Kier molecular flexibility index (Phi) is 5.20. The molecule has 0 bridgehead atoms. The fourth-order valence-electron chi connectivity index (χ4n) is 3.23. The Balaban J connectivity index is 1.65. The first-order valence-corrected chi connectivity index (χ1v) is 10.2. The highest BCUT2D eigenvalue weighted by atomic mass is 35.5. The summed E-state index contributed by atoms with van der Waals surface area (Å²) in [4.78, 5) is 19.5. The van der Waals surface area contributed by atoms with Gasteiger partial charge in [-0.3, -0.25) is 9.36 Å². The number of hydrogen-bond donors (Lipinski definition) is 0. The van der Waals surface area contributed by atoms with Gasteiger partial charge in [0.1, 0.15) is 17.2 Å². The molecule has 0 amide bonds. The lowest BCUT2D eigenvalue weighted by Crippen LogP contribution is -2.23. The topological polar surface area (TPSA) is 44.1 Å². The number of nitrogens with zero attached hydrogens (tertiary/aromatic N) is 2. The third kappa shape index (κ3) is 3.68. The van der Waals surface area contributed by atoms with Crippen LogP contribution < -0.4 is 10.3 Å². The molecular formula is C22H19ClN2O2S. The quantitative estimate of drug-likeness (QED) is 0.438. The van der Waals surface area contributed by atoms with Gasteiger partial charge in [-0.1, -0.05) is 35.9 Å². The molecule has 6 heteroatoms. The largest absolute Gasteiger partial charge is 0.492 e. The Labute approximate surface area is 172 Å². The Bertz CT molecular complexity index is 1200. The van der Waals surface area contributed by atoms with Gasteiger partial charge >= 0.3 is 0 Å². The van der Waals surface area contributed by atoms with Gasteiger partial charge in [-0.15, -0.1) is 11.3 Å². The van der Waals surface area contributed by atoms with Crippen molar-refractivity contribution < 1.29 is 4.74 Å². The minimum absolute atomic E-state index is 0.0489. The molecule has 4 aromatic rings. The zero-order valence-electron chi connectivity index (χ0n) is 15.6. The monoisotopic (exact) mass is 410 g/mol. The SMILES string of the molecule is Cc1cccc(OCCn2cnc3sc(C)c(-c4ccc(Cl)cc4)c3c2=O)c1. The normalized spacial score (nSPS) is 11.1. The number of aryl methyl sites for hydroxylation is 2. The lowest BCUT2D eigenvalue weighted by molar-refractivity contribution is 0.296. The molecule has 0 saturated heterocycles. The van der Waals surface area contributed by atoms with Gasteiger partial charge in [-0.05, 0) is 49.2 Å². The van der Waals surface area contributed by atoms with Crippen molar-refractivity contribution in [2.45, 2.75) is 20.4 Å². The van der Waals surface area contributed by atoms with Crippen LogP contribution in [0.1, 0.15) is 10.4 Å². The van der Waals surface area contributed by atoms with Crippen LogP contribution in [0.5, 0.6) is 5.75 Å². The van der Waals surface area contributed by atoms with Gasteiger partial charge in [0.15, 0.2) is 0 Å². The summed E-state index contributed by atoms with van der Waals surface area (Å²) in [6, 6.07) is 15.4. The highest BCUT2D eigenvalue weighted by Gasteiger charge is 2.17. The summed E-state index contributed by atoms with van der Waals surface area (Å²) in [5, 5.41) is 1.33. The van der Waals surface area contributed by atoms with E-state index in [2.05, 4.69) is 4.98 Å². The second-order valence-electron chi connectivity index (χ2n) is 6.63. The third-order valence-corrected chi connectivity index (χ3v) is 5.84. The predicted molar refractivity (Wildman–Crippen MR) is 116 cm³/mol. The molecule has 0 aliphatic heterocycles. The molecule has 0 fully saturated rings. The average Bonchev–Trinajstić information content (AvgIpc) is 3.01. The van der Waals surface area contributed by atoms with Crippen LogP contribution in [0.25, 0.3) is 21.3 Å². The maximum absolute atomic E-state index is 13.1. The van der Waals surface area contributed by atoms with Crippen molar-refractivity contribution in [3.8, 4) is 16.9 Å². The molecule has 0 unspecified atom stereocenters. The minimum Gasteiger partial charge on any atom is -0.492 e. The number of aromatic nitrogens is 2. The van der Waals surface area contributed by atoms with Gasteiger partial charge in [-0.2, -0.15) is 0 Å². The molecule has 142 valence electrons. The van der Waals surface area contributed by atoms with E-state index < -0.39 is 0 Å². The molecule has 0 aliphatic rings. The van der Waals surface area contributed by atoms with Crippen molar-refractivity contribution in [3.63, 3.8) is 0 Å². The van der Waals surface area contributed by atoms with Gasteiger partial charge in [0.25, 0.3) is 5.56 Å². The number of fused-ring (bicyclic) bond motifs is 1. The summed E-state index contributed by atoms with van der Waals surface area (Å²) in [6.45, 7) is 4.87. The van der Waals surface area contributed by atoms with E-state index in [1.807, 2.05) is 62.4 Å². The van der Waals surface area contributed by atoms with Crippen LogP contribution in [0.15, 0.2) is 59.7 Å². The fourth-order valence-corrected chi connectivity index (χ4v) is 4.36. The first-order valence-electron chi connectivity index (χ1n) is 8.97. The van der Waals surface area contributed by atoms with Crippen molar-refractivity contribution >= 4 is 33.2 Å². The van der Waals surface area contributed by atoms with Crippen LogP contribution in [0, 0.1) is 13.8 Å². The van der Waals surface area contributed by atoms with Crippen molar-refractivity contribution in [2.75, 3.05) is 6.61 Å². The maximum Gasteiger partial charge on any atom is 0.262 e. The maximum atomic E-state index is 13.1. The number of halogens is 1. The molecule has 4 nitrogen and oxygen atoms in total. The number of benzene rings is 2. The first-order chi connectivity index (χ1) is 13.5.